The Labute approximate surface area is 105 Å². The Bertz CT molecular complexity index is 416. The van der Waals surface area contributed by atoms with Crippen LogP contribution in [-0.2, 0) is 4.74 Å². The topological polar surface area (TPSA) is 50.7 Å². The molecule has 0 bridgehead atoms. The summed E-state index contributed by atoms with van der Waals surface area (Å²) >= 11 is 5.90. The van der Waals surface area contributed by atoms with E-state index in [-0.39, 0.29) is 0 Å². The van der Waals surface area contributed by atoms with Crippen LogP contribution in [0.1, 0.15) is 12.5 Å². The molecule has 1 aromatic rings. The maximum atomic E-state index is 10.9. The van der Waals surface area contributed by atoms with E-state index in [9.17, 15) is 4.79 Å². The Morgan fingerprint density at radius 2 is 2.18 bits per heavy atom. The first-order valence-corrected chi connectivity index (χ1v) is 5.48. The number of allylic oxidation sites excluding steroid dienone is 1. The van der Waals surface area contributed by atoms with Gasteiger partial charge in [0.2, 0.25) is 0 Å². The lowest BCUT2D eigenvalue weighted by atomic mass is 10.2. The van der Waals surface area contributed by atoms with Crippen LogP contribution in [0.25, 0.3) is 6.08 Å². The molecule has 1 aromatic carbocycles. The molecule has 0 saturated heterocycles. The molecule has 0 atom stereocenters. The highest BCUT2D eigenvalue weighted by molar-refractivity contribution is 6.41. The Balaban J connectivity index is 2.49. The van der Waals surface area contributed by atoms with Gasteiger partial charge < -0.3 is 4.74 Å². The third kappa shape index (κ3) is 5.73. The molecule has 4 nitrogen and oxygen atoms in total. The SMILES string of the molecule is CCOC(=O)N/N=C\C(Cl)=C\c1ccccc1. The standard InChI is InChI=1S/C12H13ClN2O2/c1-2-17-12(16)15-14-9-11(13)8-10-6-4-3-5-7-10/h3-9H,2H2,1H3,(H,15,16)/b11-8-,14-9-. The molecule has 0 unspecified atom stereocenters. The molecule has 1 N–H and O–H groups in total. The molecular formula is C12H13ClN2O2. The summed E-state index contributed by atoms with van der Waals surface area (Å²) in [6, 6.07) is 9.56. The summed E-state index contributed by atoms with van der Waals surface area (Å²) in [5, 5.41) is 4.05. The maximum Gasteiger partial charge on any atom is 0.427 e. The molecule has 5 heteroatoms. The number of hydrogen-bond acceptors (Lipinski definition) is 3. The quantitative estimate of drug-likeness (QED) is 0.662. The van der Waals surface area contributed by atoms with Crippen LogP contribution in [0.5, 0.6) is 0 Å². The highest BCUT2D eigenvalue weighted by atomic mass is 35.5. The largest absolute Gasteiger partial charge is 0.449 e. The van der Waals surface area contributed by atoms with Gasteiger partial charge in [-0.05, 0) is 18.6 Å². The number of hydrazone groups is 1. The average Bonchev–Trinajstić information content (AvgIpc) is 2.30. The van der Waals surface area contributed by atoms with Crippen LogP contribution in [0.15, 0.2) is 40.5 Å². The summed E-state index contributed by atoms with van der Waals surface area (Å²) < 4.78 is 4.62. The highest BCUT2D eigenvalue weighted by Crippen LogP contribution is 2.07. The molecule has 0 saturated carbocycles. The summed E-state index contributed by atoms with van der Waals surface area (Å²) in [4.78, 5) is 10.9. The second-order valence-corrected chi connectivity index (χ2v) is 3.47. The number of carbonyl (C=O) groups is 1. The first kappa shape index (κ1) is 13.3. The van der Waals surface area contributed by atoms with E-state index < -0.39 is 6.09 Å². The van der Waals surface area contributed by atoms with E-state index in [1.54, 1.807) is 13.0 Å². The summed E-state index contributed by atoms with van der Waals surface area (Å²) in [5.74, 6) is 0. The van der Waals surface area contributed by atoms with Gasteiger partial charge in [0, 0.05) is 0 Å². The molecule has 1 rings (SSSR count). The van der Waals surface area contributed by atoms with E-state index >= 15 is 0 Å². The monoisotopic (exact) mass is 252 g/mol. The first-order chi connectivity index (χ1) is 8.22. The smallest absolute Gasteiger partial charge is 0.427 e. The lowest BCUT2D eigenvalue weighted by Crippen LogP contribution is -2.18. The van der Waals surface area contributed by atoms with Gasteiger partial charge in [-0.1, -0.05) is 41.9 Å². The number of benzene rings is 1. The van der Waals surface area contributed by atoms with Crippen LogP contribution in [0, 0.1) is 0 Å². The number of rotatable bonds is 4. The Kier molecular flexibility index (Phi) is 5.82. The predicted octanol–water partition coefficient (Wildman–Crippen LogP) is 3.00. The zero-order chi connectivity index (χ0) is 12.5. The van der Waals surface area contributed by atoms with Crippen molar-refractivity contribution in [3.63, 3.8) is 0 Å². The fraction of sp³-hybridized carbons (Fsp3) is 0.167. The van der Waals surface area contributed by atoms with Gasteiger partial charge in [-0.15, -0.1) is 0 Å². The Morgan fingerprint density at radius 1 is 1.47 bits per heavy atom. The zero-order valence-corrected chi connectivity index (χ0v) is 10.1. The van der Waals surface area contributed by atoms with E-state index in [2.05, 4.69) is 15.3 Å². The average molecular weight is 253 g/mol. The Hall–Kier alpha value is -1.81. The molecule has 0 aliphatic carbocycles. The van der Waals surface area contributed by atoms with E-state index in [4.69, 9.17) is 11.6 Å². The second kappa shape index (κ2) is 7.46. The highest BCUT2D eigenvalue weighted by Gasteiger charge is 1.95. The molecule has 0 aromatic heterocycles. The van der Waals surface area contributed by atoms with E-state index in [0.717, 1.165) is 5.56 Å². The third-order valence-electron chi connectivity index (χ3n) is 1.72. The summed E-state index contributed by atoms with van der Waals surface area (Å²) in [6.07, 6.45) is 2.47. The maximum absolute atomic E-state index is 10.9. The third-order valence-corrected chi connectivity index (χ3v) is 1.93. The van der Waals surface area contributed by atoms with E-state index in [1.807, 2.05) is 30.3 Å². The molecule has 0 aliphatic rings. The van der Waals surface area contributed by atoms with Gasteiger partial charge in [0.25, 0.3) is 0 Å². The van der Waals surface area contributed by atoms with Crippen LogP contribution in [0.2, 0.25) is 0 Å². The number of nitrogens with zero attached hydrogens (tertiary/aromatic N) is 1. The summed E-state index contributed by atoms with van der Waals surface area (Å²) in [7, 11) is 0. The number of halogens is 1. The van der Waals surface area contributed by atoms with Crippen molar-refractivity contribution in [3.8, 4) is 0 Å². The molecule has 1 amide bonds. The first-order valence-electron chi connectivity index (χ1n) is 5.10. The van der Waals surface area contributed by atoms with Crippen LogP contribution >= 0.6 is 11.6 Å². The fourth-order valence-corrected chi connectivity index (χ4v) is 1.23. The van der Waals surface area contributed by atoms with Gasteiger partial charge in [-0.3, -0.25) is 0 Å². The lowest BCUT2D eigenvalue weighted by molar-refractivity contribution is 0.152. The van der Waals surface area contributed by atoms with Crippen LogP contribution < -0.4 is 5.43 Å². The predicted molar refractivity (Wildman–Crippen MR) is 68.9 cm³/mol. The van der Waals surface area contributed by atoms with E-state index in [1.165, 1.54) is 6.21 Å². The van der Waals surface area contributed by atoms with Gasteiger partial charge in [0.15, 0.2) is 0 Å². The number of hydrogen-bond donors (Lipinski definition) is 1. The second-order valence-electron chi connectivity index (χ2n) is 3.03. The zero-order valence-electron chi connectivity index (χ0n) is 9.39. The van der Waals surface area contributed by atoms with Crippen molar-refractivity contribution in [2.45, 2.75) is 6.92 Å². The van der Waals surface area contributed by atoms with Crippen LogP contribution in [0.4, 0.5) is 4.79 Å². The Morgan fingerprint density at radius 3 is 2.82 bits per heavy atom. The molecule has 0 spiro atoms. The molecule has 0 radical (unpaired) electrons. The summed E-state index contributed by atoms with van der Waals surface area (Å²) in [6.45, 7) is 2.01. The van der Waals surface area contributed by atoms with Gasteiger partial charge in [-0.25, -0.2) is 10.2 Å². The fourth-order valence-electron chi connectivity index (χ4n) is 1.06. The number of nitrogens with one attached hydrogen (secondary N) is 1. The van der Waals surface area contributed by atoms with Gasteiger partial charge in [0.05, 0.1) is 17.9 Å². The van der Waals surface area contributed by atoms with Crippen molar-refractivity contribution in [3.05, 3.63) is 40.9 Å². The normalized spacial score (nSPS) is 11.5. The molecule has 0 heterocycles. The van der Waals surface area contributed by atoms with Crippen molar-refractivity contribution in [1.29, 1.82) is 0 Å². The van der Waals surface area contributed by atoms with Gasteiger partial charge >= 0.3 is 6.09 Å². The minimum absolute atomic E-state index is 0.301. The van der Waals surface area contributed by atoms with Crippen molar-refractivity contribution in [2.75, 3.05) is 6.61 Å². The molecule has 17 heavy (non-hydrogen) atoms. The molecule has 90 valence electrons. The lowest BCUT2D eigenvalue weighted by Gasteiger charge is -1.98. The van der Waals surface area contributed by atoms with Gasteiger partial charge in [-0.2, -0.15) is 5.10 Å². The number of amides is 1. The van der Waals surface area contributed by atoms with E-state index in [0.29, 0.717) is 11.6 Å². The minimum atomic E-state index is -0.604. The van der Waals surface area contributed by atoms with Crippen LogP contribution in [0.3, 0.4) is 0 Å². The van der Waals surface area contributed by atoms with Crippen molar-refractivity contribution in [2.24, 2.45) is 5.10 Å². The minimum Gasteiger partial charge on any atom is -0.449 e. The molecular weight excluding hydrogens is 240 g/mol. The van der Waals surface area contributed by atoms with Gasteiger partial charge in [0.1, 0.15) is 0 Å². The summed E-state index contributed by atoms with van der Waals surface area (Å²) in [5.41, 5.74) is 3.14. The molecule has 0 aliphatic heterocycles. The number of ether oxygens (including phenoxy) is 1. The van der Waals surface area contributed by atoms with Crippen molar-refractivity contribution < 1.29 is 9.53 Å². The molecule has 0 fully saturated rings. The number of carbonyl (C=O) groups excluding carboxylic acids is 1. The van der Waals surface area contributed by atoms with Crippen molar-refractivity contribution >= 4 is 30.0 Å². The van der Waals surface area contributed by atoms with Crippen molar-refractivity contribution in [1.82, 2.24) is 5.43 Å². The van der Waals surface area contributed by atoms with Crippen LogP contribution in [-0.4, -0.2) is 18.9 Å².